The molecular weight excluding hydrogens is 308 g/mol. The number of nitriles is 1. The van der Waals surface area contributed by atoms with E-state index in [1.807, 2.05) is 78.8 Å². The van der Waals surface area contributed by atoms with Gasteiger partial charge in [0.1, 0.15) is 0 Å². The zero-order valence-corrected chi connectivity index (χ0v) is 13.8. The van der Waals surface area contributed by atoms with Crippen LogP contribution in [0.3, 0.4) is 0 Å². The Morgan fingerprint density at radius 1 is 0.800 bits per heavy atom. The Morgan fingerprint density at radius 2 is 1.44 bits per heavy atom. The fraction of sp³-hybridized carbons (Fsp3) is 0.0476. The van der Waals surface area contributed by atoms with Gasteiger partial charge in [-0.2, -0.15) is 5.26 Å². The van der Waals surface area contributed by atoms with Crippen molar-refractivity contribution in [2.24, 2.45) is 5.10 Å². The highest BCUT2D eigenvalue weighted by Gasteiger charge is 2.25. The third-order valence-corrected chi connectivity index (χ3v) is 4.26. The lowest BCUT2D eigenvalue weighted by molar-refractivity contribution is 1.02. The van der Waals surface area contributed by atoms with Crippen LogP contribution in [0.25, 0.3) is 0 Å². The number of nitrogens with zero attached hydrogens (tertiary/aromatic N) is 4. The molecular formula is C21H16N4. The largest absolute Gasteiger partial charge is 0.326 e. The molecule has 1 heterocycles. The van der Waals surface area contributed by atoms with E-state index in [9.17, 15) is 0 Å². The van der Waals surface area contributed by atoms with E-state index in [4.69, 9.17) is 10.4 Å². The van der Waals surface area contributed by atoms with Crippen LogP contribution in [-0.4, -0.2) is 12.9 Å². The standard InChI is InChI=1S/C21H16N4/c1-24-19-9-5-6-10-20(19)25(18-7-3-2-4-8-18)23-21(24)17-13-11-16(15-22)12-14-17/h2-14H,1H3. The molecule has 0 saturated carbocycles. The molecule has 0 spiro atoms. The summed E-state index contributed by atoms with van der Waals surface area (Å²) >= 11 is 0. The topological polar surface area (TPSA) is 42.6 Å². The maximum Gasteiger partial charge on any atom is 0.161 e. The Kier molecular flexibility index (Phi) is 3.68. The van der Waals surface area contributed by atoms with Crippen molar-refractivity contribution in [3.63, 3.8) is 0 Å². The number of hydrazone groups is 1. The molecule has 3 aromatic rings. The number of benzene rings is 3. The van der Waals surface area contributed by atoms with Gasteiger partial charge in [-0.1, -0.05) is 30.3 Å². The Labute approximate surface area is 146 Å². The average molecular weight is 324 g/mol. The van der Waals surface area contributed by atoms with E-state index in [0.29, 0.717) is 5.56 Å². The summed E-state index contributed by atoms with van der Waals surface area (Å²) in [6.45, 7) is 0. The van der Waals surface area contributed by atoms with Crippen LogP contribution in [0.15, 0.2) is 84.0 Å². The number of hydrogen-bond donors (Lipinski definition) is 0. The summed E-state index contributed by atoms with van der Waals surface area (Å²) in [5.74, 6) is 0.840. The van der Waals surface area contributed by atoms with Crippen molar-refractivity contribution >= 4 is 22.9 Å². The van der Waals surface area contributed by atoms with E-state index < -0.39 is 0 Å². The molecule has 0 radical (unpaired) electrons. The lowest BCUT2D eigenvalue weighted by atomic mass is 10.1. The van der Waals surface area contributed by atoms with Crippen LogP contribution in [0.4, 0.5) is 17.1 Å². The van der Waals surface area contributed by atoms with Crippen LogP contribution in [0.1, 0.15) is 11.1 Å². The summed E-state index contributed by atoms with van der Waals surface area (Å²) in [4.78, 5) is 2.08. The predicted molar refractivity (Wildman–Crippen MR) is 101 cm³/mol. The van der Waals surface area contributed by atoms with Crippen molar-refractivity contribution < 1.29 is 0 Å². The van der Waals surface area contributed by atoms with Crippen molar-refractivity contribution in [3.8, 4) is 6.07 Å². The minimum Gasteiger partial charge on any atom is -0.326 e. The van der Waals surface area contributed by atoms with Crippen LogP contribution in [0.5, 0.6) is 0 Å². The molecule has 4 heteroatoms. The second-order valence-corrected chi connectivity index (χ2v) is 5.81. The summed E-state index contributed by atoms with van der Waals surface area (Å²) in [5.41, 5.74) is 4.74. The van der Waals surface area contributed by atoms with E-state index in [-0.39, 0.29) is 0 Å². The number of para-hydroxylation sites is 3. The fourth-order valence-corrected chi connectivity index (χ4v) is 2.97. The highest BCUT2D eigenvalue weighted by Crippen LogP contribution is 2.38. The first-order valence-electron chi connectivity index (χ1n) is 8.05. The average Bonchev–Trinajstić information content (AvgIpc) is 2.69. The van der Waals surface area contributed by atoms with Crippen LogP contribution < -0.4 is 9.91 Å². The maximum atomic E-state index is 9.01. The van der Waals surface area contributed by atoms with Crippen molar-refractivity contribution in [3.05, 3.63) is 90.0 Å². The van der Waals surface area contributed by atoms with Gasteiger partial charge in [0.25, 0.3) is 0 Å². The molecule has 120 valence electrons. The molecule has 0 bridgehead atoms. The zero-order chi connectivity index (χ0) is 17.2. The van der Waals surface area contributed by atoms with Crippen molar-refractivity contribution in [1.82, 2.24) is 0 Å². The number of fused-ring (bicyclic) bond motifs is 1. The number of anilines is 3. The van der Waals surface area contributed by atoms with E-state index in [2.05, 4.69) is 23.1 Å². The van der Waals surface area contributed by atoms with Gasteiger partial charge in [0.05, 0.1) is 28.7 Å². The first kappa shape index (κ1) is 15.0. The highest BCUT2D eigenvalue weighted by molar-refractivity contribution is 6.13. The van der Waals surface area contributed by atoms with Crippen LogP contribution in [0, 0.1) is 11.3 Å². The number of rotatable bonds is 2. The second kappa shape index (κ2) is 6.14. The summed E-state index contributed by atoms with van der Waals surface area (Å²) in [6.07, 6.45) is 0. The summed E-state index contributed by atoms with van der Waals surface area (Å²) < 4.78 is 0. The number of hydrogen-bond acceptors (Lipinski definition) is 4. The molecule has 0 aromatic heterocycles. The SMILES string of the molecule is CN1C(c2ccc(C#N)cc2)=NN(c2ccccc2)c2ccccc21. The summed E-state index contributed by atoms with van der Waals surface area (Å²) in [5, 5.41) is 15.9. The van der Waals surface area contributed by atoms with Gasteiger partial charge in [-0.15, -0.1) is 5.10 Å². The fourth-order valence-electron chi connectivity index (χ4n) is 2.97. The van der Waals surface area contributed by atoms with E-state index in [1.165, 1.54) is 0 Å². The quantitative estimate of drug-likeness (QED) is 0.696. The lowest BCUT2D eigenvalue weighted by Crippen LogP contribution is -2.35. The van der Waals surface area contributed by atoms with Crippen molar-refractivity contribution in [2.75, 3.05) is 17.0 Å². The third kappa shape index (κ3) is 2.62. The highest BCUT2D eigenvalue weighted by atomic mass is 15.5. The van der Waals surface area contributed by atoms with E-state index in [0.717, 1.165) is 28.5 Å². The van der Waals surface area contributed by atoms with Gasteiger partial charge in [0.15, 0.2) is 5.84 Å². The van der Waals surface area contributed by atoms with Crippen molar-refractivity contribution in [2.45, 2.75) is 0 Å². The van der Waals surface area contributed by atoms with Gasteiger partial charge < -0.3 is 4.90 Å². The van der Waals surface area contributed by atoms with Crippen molar-refractivity contribution in [1.29, 1.82) is 5.26 Å². The molecule has 0 saturated heterocycles. The van der Waals surface area contributed by atoms with Gasteiger partial charge in [-0.05, 0) is 48.5 Å². The molecule has 4 rings (SSSR count). The Balaban J connectivity index is 1.86. The lowest BCUT2D eigenvalue weighted by Gasteiger charge is -2.34. The first-order valence-corrected chi connectivity index (χ1v) is 8.05. The molecule has 3 aromatic carbocycles. The molecule has 4 nitrogen and oxygen atoms in total. The Morgan fingerprint density at radius 3 is 2.12 bits per heavy atom. The molecule has 0 fully saturated rings. The molecule has 0 amide bonds. The van der Waals surface area contributed by atoms with Gasteiger partial charge in [0.2, 0.25) is 0 Å². The first-order chi connectivity index (χ1) is 12.3. The molecule has 1 aliphatic heterocycles. The van der Waals surface area contributed by atoms with Gasteiger partial charge in [-0.3, -0.25) is 0 Å². The molecule has 0 N–H and O–H groups in total. The Bertz CT molecular complexity index is 969. The van der Waals surface area contributed by atoms with Gasteiger partial charge >= 0.3 is 0 Å². The zero-order valence-electron chi connectivity index (χ0n) is 13.8. The van der Waals surface area contributed by atoms with Gasteiger partial charge in [-0.25, -0.2) is 5.01 Å². The monoisotopic (exact) mass is 324 g/mol. The second-order valence-electron chi connectivity index (χ2n) is 5.81. The molecule has 0 aliphatic carbocycles. The normalized spacial score (nSPS) is 13.0. The summed E-state index contributed by atoms with van der Waals surface area (Å²) in [6, 6.07) is 28.0. The number of amidine groups is 1. The maximum absolute atomic E-state index is 9.01. The van der Waals surface area contributed by atoms with Crippen LogP contribution >= 0.6 is 0 Å². The minimum atomic E-state index is 0.642. The van der Waals surface area contributed by atoms with Gasteiger partial charge in [0, 0.05) is 12.6 Å². The van der Waals surface area contributed by atoms with Crippen LogP contribution in [-0.2, 0) is 0 Å². The van der Waals surface area contributed by atoms with E-state index in [1.54, 1.807) is 0 Å². The molecule has 25 heavy (non-hydrogen) atoms. The smallest absolute Gasteiger partial charge is 0.161 e. The molecule has 0 atom stereocenters. The van der Waals surface area contributed by atoms with Crippen LogP contribution in [0.2, 0.25) is 0 Å². The predicted octanol–water partition coefficient (Wildman–Crippen LogP) is 4.51. The minimum absolute atomic E-state index is 0.642. The van der Waals surface area contributed by atoms with E-state index >= 15 is 0 Å². The third-order valence-electron chi connectivity index (χ3n) is 4.26. The molecule has 0 unspecified atom stereocenters. The molecule has 1 aliphatic rings. The summed E-state index contributed by atoms with van der Waals surface area (Å²) in [7, 11) is 2.01. The Hall–Kier alpha value is -3.58.